The van der Waals surface area contributed by atoms with E-state index in [2.05, 4.69) is 10.2 Å². The van der Waals surface area contributed by atoms with Crippen LogP contribution in [-0.4, -0.2) is 34.2 Å². The number of hydrogen-bond donors (Lipinski definition) is 1. The molecule has 7 nitrogen and oxygen atoms in total. The van der Waals surface area contributed by atoms with Crippen LogP contribution >= 0.6 is 0 Å². The summed E-state index contributed by atoms with van der Waals surface area (Å²) in [6.45, 7) is 1.35. The summed E-state index contributed by atoms with van der Waals surface area (Å²) in [6.07, 6.45) is 6.97. The highest BCUT2D eigenvalue weighted by molar-refractivity contribution is 7.90. The van der Waals surface area contributed by atoms with Gasteiger partial charge >= 0.3 is 0 Å². The summed E-state index contributed by atoms with van der Waals surface area (Å²) < 4.78 is 26.1. The average molecular weight is 269 g/mol. The molecular formula is C10H15N5O2S. The molecule has 0 bridgehead atoms. The van der Waals surface area contributed by atoms with Crippen molar-refractivity contribution in [3.8, 4) is 0 Å². The molecule has 2 aromatic rings. The Labute approximate surface area is 105 Å². The lowest BCUT2D eigenvalue weighted by molar-refractivity contribution is 0.501. The maximum absolute atomic E-state index is 11.4. The zero-order valence-corrected chi connectivity index (χ0v) is 10.8. The Balaban J connectivity index is 1.98. The van der Waals surface area contributed by atoms with Crippen LogP contribution in [0.1, 0.15) is 6.42 Å². The summed E-state index contributed by atoms with van der Waals surface area (Å²) in [5.74, 6) is 0.0524. The van der Waals surface area contributed by atoms with Crippen molar-refractivity contribution < 1.29 is 8.42 Å². The van der Waals surface area contributed by atoms with Crippen molar-refractivity contribution in [1.82, 2.24) is 19.6 Å². The molecule has 0 radical (unpaired) electrons. The van der Waals surface area contributed by atoms with Gasteiger partial charge in [0.25, 0.3) is 0 Å². The van der Waals surface area contributed by atoms with Gasteiger partial charge in [-0.05, 0) is 12.5 Å². The zero-order valence-electron chi connectivity index (χ0n) is 10.0. The first-order valence-electron chi connectivity index (χ1n) is 5.47. The fourth-order valence-electron chi connectivity index (χ4n) is 1.65. The molecule has 2 heterocycles. The van der Waals surface area contributed by atoms with Crippen LogP contribution in [0.2, 0.25) is 0 Å². The Morgan fingerprint density at radius 1 is 1.33 bits per heavy atom. The summed E-state index contributed by atoms with van der Waals surface area (Å²) in [5.41, 5.74) is 5.57. The molecule has 2 rings (SSSR count). The number of hydrogen-bond acceptors (Lipinski definition) is 5. The summed E-state index contributed by atoms with van der Waals surface area (Å²) in [5, 5.41) is 8.06. The van der Waals surface area contributed by atoms with E-state index in [1.807, 2.05) is 16.9 Å². The normalized spacial score (nSPS) is 11.8. The molecule has 98 valence electrons. The van der Waals surface area contributed by atoms with E-state index in [0.29, 0.717) is 6.54 Å². The Hall–Kier alpha value is -1.83. The van der Waals surface area contributed by atoms with E-state index in [9.17, 15) is 8.42 Å². The molecule has 0 amide bonds. The van der Waals surface area contributed by atoms with Crippen LogP contribution in [0.15, 0.2) is 29.6 Å². The Bertz CT molecular complexity index is 615. The van der Waals surface area contributed by atoms with Gasteiger partial charge in [0.2, 0.25) is 0 Å². The molecule has 18 heavy (non-hydrogen) atoms. The lowest BCUT2D eigenvalue weighted by Crippen LogP contribution is -2.05. The van der Waals surface area contributed by atoms with Crippen molar-refractivity contribution >= 4 is 15.7 Å². The molecule has 0 spiro atoms. The van der Waals surface area contributed by atoms with Gasteiger partial charge in [-0.1, -0.05) is 0 Å². The van der Waals surface area contributed by atoms with E-state index in [4.69, 9.17) is 5.73 Å². The van der Waals surface area contributed by atoms with E-state index in [1.54, 1.807) is 10.9 Å². The Kier molecular flexibility index (Phi) is 3.37. The third kappa shape index (κ3) is 2.89. The first-order chi connectivity index (χ1) is 8.47. The second-order valence-corrected chi connectivity index (χ2v) is 6.02. The number of sulfone groups is 1. The molecule has 0 saturated heterocycles. The number of nitrogens with two attached hydrogens (primary N) is 1. The summed E-state index contributed by atoms with van der Waals surface area (Å²) >= 11 is 0. The number of aromatic nitrogens is 4. The molecular weight excluding hydrogens is 254 g/mol. The maximum Gasteiger partial charge on any atom is 0.180 e. The molecule has 0 fully saturated rings. The van der Waals surface area contributed by atoms with Crippen LogP contribution in [0.25, 0.3) is 0 Å². The van der Waals surface area contributed by atoms with Crippen LogP contribution < -0.4 is 5.73 Å². The van der Waals surface area contributed by atoms with Gasteiger partial charge in [0.1, 0.15) is 4.90 Å². The summed E-state index contributed by atoms with van der Waals surface area (Å²) in [6, 6.07) is 1.85. The van der Waals surface area contributed by atoms with E-state index >= 15 is 0 Å². The molecule has 0 saturated carbocycles. The average Bonchev–Trinajstić information content (AvgIpc) is 2.87. The lowest BCUT2D eigenvalue weighted by atomic mass is 10.4. The summed E-state index contributed by atoms with van der Waals surface area (Å²) in [7, 11) is -3.31. The van der Waals surface area contributed by atoms with Crippen LogP contribution in [0, 0.1) is 0 Å². The third-order valence-electron chi connectivity index (χ3n) is 2.49. The van der Waals surface area contributed by atoms with Crippen LogP contribution in [0.4, 0.5) is 5.82 Å². The molecule has 0 atom stereocenters. The smallest absolute Gasteiger partial charge is 0.180 e. The predicted molar refractivity (Wildman–Crippen MR) is 66.6 cm³/mol. The lowest BCUT2D eigenvalue weighted by Gasteiger charge is -2.01. The first kappa shape index (κ1) is 12.6. The van der Waals surface area contributed by atoms with Gasteiger partial charge in [-0.2, -0.15) is 10.2 Å². The van der Waals surface area contributed by atoms with Crippen molar-refractivity contribution in [2.24, 2.45) is 0 Å². The van der Waals surface area contributed by atoms with Crippen LogP contribution in [-0.2, 0) is 22.9 Å². The van der Waals surface area contributed by atoms with Crippen molar-refractivity contribution in [1.29, 1.82) is 0 Å². The minimum atomic E-state index is -3.31. The molecule has 0 aromatic carbocycles. The number of rotatable bonds is 5. The highest BCUT2D eigenvalue weighted by atomic mass is 32.2. The quantitative estimate of drug-likeness (QED) is 0.834. The van der Waals surface area contributed by atoms with E-state index in [1.165, 1.54) is 6.20 Å². The number of aryl methyl sites for hydroxylation is 2. The molecule has 0 aliphatic heterocycles. The monoisotopic (exact) mass is 269 g/mol. The van der Waals surface area contributed by atoms with Crippen molar-refractivity contribution in [2.75, 3.05) is 12.0 Å². The third-order valence-corrected chi connectivity index (χ3v) is 3.60. The van der Waals surface area contributed by atoms with Gasteiger partial charge in [0.15, 0.2) is 15.7 Å². The first-order valence-corrected chi connectivity index (χ1v) is 7.36. The standard InChI is InChI=1S/C10H15N5O2S/c1-18(16,17)9-8-15(13-10(9)11)7-3-6-14-5-2-4-12-14/h2,4-5,8H,3,6-7H2,1H3,(H2,11,13). The molecule has 2 aromatic heterocycles. The van der Waals surface area contributed by atoms with E-state index in [-0.39, 0.29) is 10.7 Å². The number of anilines is 1. The molecule has 0 aliphatic carbocycles. The Morgan fingerprint density at radius 3 is 2.61 bits per heavy atom. The molecule has 0 unspecified atom stereocenters. The topological polar surface area (TPSA) is 95.8 Å². The fourth-order valence-corrected chi connectivity index (χ4v) is 2.38. The van der Waals surface area contributed by atoms with Crippen LogP contribution in [0.3, 0.4) is 0 Å². The molecule has 0 aliphatic rings. The second-order valence-electron chi connectivity index (χ2n) is 4.04. The highest BCUT2D eigenvalue weighted by Crippen LogP contribution is 2.15. The van der Waals surface area contributed by atoms with Gasteiger partial charge in [-0.15, -0.1) is 0 Å². The number of nitrogen functional groups attached to an aromatic ring is 1. The molecule has 2 N–H and O–H groups in total. The highest BCUT2D eigenvalue weighted by Gasteiger charge is 2.15. The predicted octanol–water partition coefficient (Wildman–Crippen LogP) is 0.156. The van der Waals surface area contributed by atoms with Crippen molar-refractivity contribution in [2.45, 2.75) is 24.4 Å². The minimum absolute atomic E-state index is 0.0524. The van der Waals surface area contributed by atoms with E-state index < -0.39 is 9.84 Å². The molecule has 8 heteroatoms. The van der Waals surface area contributed by atoms with Crippen molar-refractivity contribution in [3.63, 3.8) is 0 Å². The zero-order chi connectivity index (χ0) is 13.2. The SMILES string of the molecule is CS(=O)(=O)c1cn(CCCn2cccn2)nc1N. The summed E-state index contributed by atoms with van der Waals surface area (Å²) in [4.78, 5) is 0.0848. The van der Waals surface area contributed by atoms with Crippen LogP contribution in [0.5, 0.6) is 0 Å². The van der Waals surface area contributed by atoms with Gasteiger partial charge in [0, 0.05) is 37.9 Å². The van der Waals surface area contributed by atoms with Crippen molar-refractivity contribution in [3.05, 3.63) is 24.7 Å². The second kappa shape index (κ2) is 4.81. The fraction of sp³-hybridized carbons (Fsp3) is 0.400. The maximum atomic E-state index is 11.4. The van der Waals surface area contributed by atoms with E-state index in [0.717, 1.165) is 19.2 Å². The Morgan fingerprint density at radius 2 is 2.06 bits per heavy atom. The van der Waals surface area contributed by atoms with Gasteiger partial charge in [0.05, 0.1) is 0 Å². The van der Waals surface area contributed by atoms with Gasteiger partial charge in [-0.25, -0.2) is 8.42 Å². The number of nitrogens with zero attached hydrogens (tertiary/aromatic N) is 4. The minimum Gasteiger partial charge on any atom is -0.381 e. The van der Waals surface area contributed by atoms with Gasteiger partial charge in [-0.3, -0.25) is 9.36 Å². The van der Waals surface area contributed by atoms with Gasteiger partial charge < -0.3 is 5.73 Å². The largest absolute Gasteiger partial charge is 0.381 e.